The molecular weight excluding hydrogens is 942 g/mol. The van der Waals surface area contributed by atoms with Crippen LogP contribution in [0.4, 0.5) is 0 Å². The number of esters is 2. The van der Waals surface area contributed by atoms with Crippen molar-refractivity contribution < 1.29 is 42.1 Å². The zero-order chi connectivity index (χ0) is 54.2. The van der Waals surface area contributed by atoms with Crippen LogP contribution in [-0.4, -0.2) is 70.0 Å². The molecule has 0 N–H and O–H groups in total. The maximum Gasteiger partial charge on any atom is 0.306 e. The standard InChI is InChI=1S/C64H122NO8P/c1-6-8-10-12-14-16-18-20-22-24-26-27-28-29-30-31-32-33-34-35-36-37-39-40-42-44-46-48-50-52-54-56-63(66)70-60-62(61-72-74(68,69)71-59-58-65(3,4)5)73-64(67)57-55-53-51-49-47-45-43-41-38-25-23-21-19-17-15-13-11-9-7-2/h15,17,21,23-24,26,62H,6-14,16,18-20,22,25,27-61H2,1-5H3/b17-15-,23-21-,26-24-. The third kappa shape index (κ3) is 59.5. The molecule has 0 aromatic carbocycles. The van der Waals surface area contributed by atoms with Gasteiger partial charge in [-0.25, -0.2) is 0 Å². The Bertz CT molecular complexity index is 1340. The summed E-state index contributed by atoms with van der Waals surface area (Å²) in [6, 6.07) is 0. The molecule has 0 saturated heterocycles. The summed E-state index contributed by atoms with van der Waals surface area (Å²) in [5, 5.41) is 0. The van der Waals surface area contributed by atoms with Crippen LogP contribution in [-0.2, 0) is 32.7 Å². The number of phosphoric ester groups is 1. The Morgan fingerprint density at radius 1 is 0.419 bits per heavy atom. The lowest BCUT2D eigenvalue weighted by molar-refractivity contribution is -0.870. The Labute approximate surface area is 459 Å². The average Bonchev–Trinajstić information content (AvgIpc) is 3.36. The van der Waals surface area contributed by atoms with Crippen LogP contribution in [0.5, 0.6) is 0 Å². The second kappa shape index (κ2) is 56.0. The van der Waals surface area contributed by atoms with Crippen molar-refractivity contribution in [1.29, 1.82) is 0 Å². The molecule has 0 aromatic rings. The molecular formula is C64H122NO8P. The van der Waals surface area contributed by atoms with E-state index in [1.54, 1.807) is 0 Å². The van der Waals surface area contributed by atoms with Gasteiger partial charge >= 0.3 is 11.9 Å². The molecule has 0 amide bonds. The number of phosphoric acid groups is 1. The van der Waals surface area contributed by atoms with Crippen LogP contribution in [0.1, 0.15) is 309 Å². The zero-order valence-electron chi connectivity index (χ0n) is 49.6. The summed E-state index contributed by atoms with van der Waals surface area (Å²) in [6.07, 6.45) is 69.2. The Balaban J connectivity index is 4.02. The minimum atomic E-state index is -4.64. The van der Waals surface area contributed by atoms with Gasteiger partial charge in [0.2, 0.25) is 0 Å². The quantitative estimate of drug-likeness (QED) is 0.0195. The maximum atomic E-state index is 12.8. The Morgan fingerprint density at radius 3 is 1.11 bits per heavy atom. The molecule has 0 fully saturated rings. The third-order valence-electron chi connectivity index (χ3n) is 14.1. The summed E-state index contributed by atoms with van der Waals surface area (Å²) in [5.41, 5.74) is 0. The second-order valence-electron chi connectivity index (χ2n) is 22.8. The summed E-state index contributed by atoms with van der Waals surface area (Å²) >= 11 is 0. The van der Waals surface area contributed by atoms with E-state index in [1.807, 2.05) is 21.1 Å². The van der Waals surface area contributed by atoms with Gasteiger partial charge in [-0.3, -0.25) is 14.2 Å². The molecule has 436 valence electrons. The number of hydrogen-bond donors (Lipinski definition) is 0. The normalized spacial score (nSPS) is 13.4. The third-order valence-corrected chi connectivity index (χ3v) is 15.1. The second-order valence-corrected chi connectivity index (χ2v) is 24.2. The summed E-state index contributed by atoms with van der Waals surface area (Å²) < 4.78 is 34.2. The van der Waals surface area contributed by atoms with E-state index < -0.39 is 26.5 Å². The Hall–Kier alpha value is -1.77. The number of carbonyl (C=O) groups is 2. The number of nitrogens with zero attached hydrogens (tertiary/aromatic N) is 1. The van der Waals surface area contributed by atoms with Crippen LogP contribution in [0.3, 0.4) is 0 Å². The van der Waals surface area contributed by atoms with Crippen molar-refractivity contribution >= 4 is 19.8 Å². The van der Waals surface area contributed by atoms with Gasteiger partial charge in [0.05, 0.1) is 27.7 Å². The number of hydrogen-bond acceptors (Lipinski definition) is 8. The molecule has 10 heteroatoms. The fourth-order valence-corrected chi connectivity index (χ4v) is 9.94. The van der Waals surface area contributed by atoms with Crippen LogP contribution in [0, 0.1) is 0 Å². The van der Waals surface area contributed by atoms with Crippen molar-refractivity contribution in [2.24, 2.45) is 0 Å². The van der Waals surface area contributed by atoms with Crippen LogP contribution >= 0.6 is 7.82 Å². The molecule has 9 nitrogen and oxygen atoms in total. The lowest BCUT2D eigenvalue weighted by atomic mass is 10.0. The summed E-state index contributed by atoms with van der Waals surface area (Å²) in [5.74, 6) is -0.824. The number of likely N-dealkylation sites (N-methyl/N-ethyl adjacent to an activating group) is 1. The van der Waals surface area contributed by atoms with E-state index in [-0.39, 0.29) is 32.0 Å². The van der Waals surface area contributed by atoms with Crippen LogP contribution in [0.2, 0.25) is 0 Å². The molecule has 0 radical (unpaired) electrons. The van der Waals surface area contributed by atoms with Crippen LogP contribution < -0.4 is 4.89 Å². The highest BCUT2D eigenvalue weighted by Gasteiger charge is 2.22. The smallest absolute Gasteiger partial charge is 0.306 e. The minimum absolute atomic E-state index is 0.0302. The van der Waals surface area contributed by atoms with E-state index in [0.29, 0.717) is 17.4 Å². The number of quaternary nitrogens is 1. The molecule has 2 unspecified atom stereocenters. The largest absolute Gasteiger partial charge is 0.756 e. The first-order chi connectivity index (χ1) is 36.0. The molecule has 0 bridgehead atoms. The molecule has 2 atom stereocenters. The van der Waals surface area contributed by atoms with E-state index in [2.05, 4.69) is 50.3 Å². The average molecular weight is 1060 g/mol. The van der Waals surface area contributed by atoms with Crippen molar-refractivity contribution in [3.63, 3.8) is 0 Å². The topological polar surface area (TPSA) is 111 Å². The fraction of sp³-hybridized carbons (Fsp3) is 0.875. The molecule has 74 heavy (non-hydrogen) atoms. The van der Waals surface area contributed by atoms with Crippen molar-refractivity contribution in [3.05, 3.63) is 36.5 Å². The van der Waals surface area contributed by atoms with E-state index in [9.17, 15) is 19.0 Å². The maximum absolute atomic E-state index is 12.8. The molecule has 0 aliphatic heterocycles. The number of rotatable bonds is 59. The van der Waals surface area contributed by atoms with Crippen molar-refractivity contribution in [1.82, 2.24) is 0 Å². The summed E-state index contributed by atoms with van der Waals surface area (Å²) in [7, 11) is 1.17. The molecule has 0 aromatic heterocycles. The first-order valence-corrected chi connectivity index (χ1v) is 33.2. The highest BCUT2D eigenvalue weighted by atomic mass is 31.2. The van der Waals surface area contributed by atoms with Crippen molar-refractivity contribution in [2.45, 2.75) is 315 Å². The Morgan fingerprint density at radius 2 is 0.730 bits per heavy atom. The SMILES string of the molecule is CCCCC/C=C\C/C=C\CCCCCCCCCCCC(=O)OC(COC(=O)CCCCCCCCCCCCCCCCCCCCC/C=C\CCCCCCCCCC)COP(=O)([O-])OCC[N+](C)(C)C. The van der Waals surface area contributed by atoms with Gasteiger partial charge in [-0.1, -0.05) is 262 Å². The lowest BCUT2D eigenvalue weighted by Gasteiger charge is -2.28. The van der Waals surface area contributed by atoms with E-state index >= 15 is 0 Å². The Kier molecular flexibility index (Phi) is 54.6. The van der Waals surface area contributed by atoms with Gasteiger partial charge in [-0.15, -0.1) is 0 Å². The summed E-state index contributed by atoms with van der Waals surface area (Å²) in [6.45, 7) is 4.26. The van der Waals surface area contributed by atoms with Gasteiger partial charge < -0.3 is 27.9 Å². The monoisotopic (exact) mass is 1060 g/mol. The van der Waals surface area contributed by atoms with Gasteiger partial charge in [0.25, 0.3) is 7.82 Å². The van der Waals surface area contributed by atoms with Crippen LogP contribution in [0.25, 0.3) is 0 Å². The molecule has 0 spiro atoms. The number of ether oxygens (including phenoxy) is 2. The first-order valence-electron chi connectivity index (χ1n) is 31.7. The van der Waals surface area contributed by atoms with Gasteiger partial charge in [0.15, 0.2) is 6.10 Å². The zero-order valence-corrected chi connectivity index (χ0v) is 50.5. The first kappa shape index (κ1) is 72.2. The number of carbonyl (C=O) groups excluding carboxylic acids is 2. The molecule has 0 aliphatic carbocycles. The minimum Gasteiger partial charge on any atom is -0.756 e. The molecule has 0 heterocycles. The predicted octanol–water partition coefficient (Wildman–Crippen LogP) is 19.3. The predicted molar refractivity (Wildman–Crippen MR) is 314 cm³/mol. The molecule has 0 aliphatic rings. The van der Waals surface area contributed by atoms with Gasteiger partial charge in [-0.2, -0.15) is 0 Å². The summed E-state index contributed by atoms with van der Waals surface area (Å²) in [4.78, 5) is 37.9. The highest BCUT2D eigenvalue weighted by Crippen LogP contribution is 2.38. The van der Waals surface area contributed by atoms with Crippen molar-refractivity contribution in [2.75, 3.05) is 47.5 Å². The number of unbranched alkanes of at least 4 members (excludes halogenated alkanes) is 39. The molecule has 0 saturated carbocycles. The van der Waals surface area contributed by atoms with Gasteiger partial charge in [0, 0.05) is 12.8 Å². The van der Waals surface area contributed by atoms with Gasteiger partial charge in [-0.05, 0) is 70.6 Å². The number of allylic oxidation sites excluding steroid dienone is 6. The van der Waals surface area contributed by atoms with E-state index in [0.717, 1.165) is 51.4 Å². The highest BCUT2D eigenvalue weighted by molar-refractivity contribution is 7.45. The van der Waals surface area contributed by atoms with Crippen molar-refractivity contribution in [3.8, 4) is 0 Å². The van der Waals surface area contributed by atoms with E-state index in [4.69, 9.17) is 18.5 Å². The molecule has 0 rings (SSSR count). The van der Waals surface area contributed by atoms with E-state index in [1.165, 1.54) is 225 Å². The van der Waals surface area contributed by atoms with Gasteiger partial charge in [0.1, 0.15) is 19.8 Å². The van der Waals surface area contributed by atoms with Crippen LogP contribution in [0.15, 0.2) is 36.5 Å². The lowest BCUT2D eigenvalue weighted by Crippen LogP contribution is -2.37. The fourth-order valence-electron chi connectivity index (χ4n) is 9.21.